The fraction of sp³-hybridized carbons (Fsp3) is 0.300. The first-order valence-electron chi connectivity index (χ1n) is 8.86. The molecular formula is C20H24N2O6S. The third kappa shape index (κ3) is 6.30. The number of benzene rings is 2. The molecule has 0 bridgehead atoms. The van der Waals surface area contributed by atoms with Gasteiger partial charge in [-0.3, -0.25) is 4.79 Å². The first kappa shape index (κ1) is 22.4. The Labute approximate surface area is 170 Å². The Morgan fingerprint density at radius 3 is 2.31 bits per heavy atom. The number of esters is 1. The molecule has 0 radical (unpaired) electrons. The molecule has 0 unspecified atom stereocenters. The molecule has 29 heavy (non-hydrogen) atoms. The van der Waals surface area contributed by atoms with E-state index < -0.39 is 28.5 Å². The minimum Gasteiger partial charge on any atom is -0.495 e. The smallest absolute Gasteiger partial charge is 0.338 e. The summed E-state index contributed by atoms with van der Waals surface area (Å²) in [7, 11) is -2.16. The molecule has 2 aromatic carbocycles. The summed E-state index contributed by atoms with van der Waals surface area (Å²) < 4.78 is 36.8. The molecule has 2 rings (SSSR count). The van der Waals surface area contributed by atoms with Crippen LogP contribution in [0.1, 0.15) is 29.8 Å². The van der Waals surface area contributed by atoms with E-state index in [1.807, 2.05) is 13.0 Å². The van der Waals surface area contributed by atoms with E-state index in [1.165, 1.54) is 31.4 Å². The van der Waals surface area contributed by atoms with E-state index in [0.717, 1.165) is 5.56 Å². The van der Waals surface area contributed by atoms with Crippen LogP contribution in [0.25, 0.3) is 0 Å². The number of anilines is 1. The summed E-state index contributed by atoms with van der Waals surface area (Å²) >= 11 is 0. The number of hydrogen-bond donors (Lipinski definition) is 2. The molecule has 0 atom stereocenters. The summed E-state index contributed by atoms with van der Waals surface area (Å²) in [5, 5.41) is 2.63. The van der Waals surface area contributed by atoms with Gasteiger partial charge in [-0.2, -0.15) is 0 Å². The van der Waals surface area contributed by atoms with Gasteiger partial charge in [0.25, 0.3) is 5.91 Å². The second-order valence-corrected chi connectivity index (χ2v) is 8.34. The van der Waals surface area contributed by atoms with Gasteiger partial charge in [-0.25, -0.2) is 17.9 Å². The lowest BCUT2D eigenvalue weighted by Gasteiger charge is -2.11. The molecule has 0 aliphatic rings. The molecule has 0 spiro atoms. The summed E-state index contributed by atoms with van der Waals surface area (Å²) in [5.74, 6) is -0.776. The van der Waals surface area contributed by atoms with Crippen LogP contribution in [-0.2, 0) is 19.6 Å². The van der Waals surface area contributed by atoms with E-state index in [0.29, 0.717) is 11.4 Å². The van der Waals surface area contributed by atoms with Crippen LogP contribution in [-0.4, -0.2) is 40.1 Å². The van der Waals surface area contributed by atoms with Crippen LogP contribution in [0.15, 0.2) is 47.4 Å². The molecule has 0 saturated heterocycles. The average Bonchev–Trinajstić information content (AvgIpc) is 2.65. The van der Waals surface area contributed by atoms with E-state index in [2.05, 4.69) is 10.0 Å². The molecule has 0 aliphatic heterocycles. The Hall–Kier alpha value is -2.91. The van der Waals surface area contributed by atoms with Gasteiger partial charge in [0.2, 0.25) is 10.0 Å². The normalized spacial score (nSPS) is 11.2. The standard InChI is InChI=1S/C20H24N2O6S/c1-13(2)22-29(25,26)16-8-6-15(7-9-16)20(24)28-12-19(23)21-17-11-14(3)5-10-18(17)27-4/h5-11,13,22H,12H2,1-4H3,(H,21,23). The third-order valence-corrected chi connectivity index (χ3v) is 5.43. The maximum Gasteiger partial charge on any atom is 0.338 e. The number of methoxy groups -OCH3 is 1. The van der Waals surface area contributed by atoms with Gasteiger partial charge in [-0.15, -0.1) is 0 Å². The molecule has 0 saturated carbocycles. The molecule has 2 aromatic rings. The highest BCUT2D eigenvalue weighted by atomic mass is 32.2. The van der Waals surface area contributed by atoms with Gasteiger partial charge in [0.15, 0.2) is 6.61 Å². The first-order chi connectivity index (χ1) is 13.6. The summed E-state index contributed by atoms with van der Waals surface area (Å²) in [6.45, 7) is 4.79. The van der Waals surface area contributed by atoms with E-state index in [1.54, 1.807) is 26.0 Å². The second-order valence-electron chi connectivity index (χ2n) is 6.63. The van der Waals surface area contributed by atoms with Crippen molar-refractivity contribution < 1.29 is 27.5 Å². The molecular weight excluding hydrogens is 396 g/mol. The average molecular weight is 420 g/mol. The van der Waals surface area contributed by atoms with Crippen LogP contribution < -0.4 is 14.8 Å². The molecule has 8 nitrogen and oxygen atoms in total. The molecule has 0 heterocycles. The number of rotatable bonds is 8. The van der Waals surface area contributed by atoms with Gasteiger partial charge in [0, 0.05) is 6.04 Å². The minimum atomic E-state index is -3.65. The Morgan fingerprint density at radius 1 is 1.07 bits per heavy atom. The maximum atomic E-state index is 12.1. The highest BCUT2D eigenvalue weighted by Gasteiger charge is 2.17. The van der Waals surface area contributed by atoms with Crippen molar-refractivity contribution in [1.29, 1.82) is 0 Å². The van der Waals surface area contributed by atoms with Gasteiger partial charge in [0.05, 0.1) is 23.3 Å². The van der Waals surface area contributed by atoms with E-state index in [9.17, 15) is 18.0 Å². The number of amides is 1. The highest BCUT2D eigenvalue weighted by molar-refractivity contribution is 7.89. The van der Waals surface area contributed by atoms with Crippen molar-refractivity contribution >= 4 is 27.6 Å². The number of ether oxygens (including phenoxy) is 2. The van der Waals surface area contributed by atoms with Crippen molar-refractivity contribution in [3.8, 4) is 5.75 Å². The lowest BCUT2D eigenvalue weighted by Crippen LogP contribution is -2.30. The van der Waals surface area contributed by atoms with Crippen molar-refractivity contribution in [1.82, 2.24) is 4.72 Å². The predicted octanol–water partition coefficient (Wildman–Crippen LogP) is 2.49. The zero-order valence-electron chi connectivity index (χ0n) is 16.7. The summed E-state index contributed by atoms with van der Waals surface area (Å²) in [5.41, 5.74) is 1.54. The van der Waals surface area contributed by atoms with E-state index >= 15 is 0 Å². The largest absolute Gasteiger partial charge is 0.495 e. The molecule has 0 fully saturated rings. The predicted molar refractivity (Wildman–Crippen MR) is 109 cm³/mol. The number of sulfonamides is 1. The number of aryl methyl sites for hydroxylation is 1. The van der Waals surface area contributed by atoms with Crippen molar-refractivity contribution in [2.24, 2.45) is 0 Å². The van der Waals surface area contributed by atoms with Crippen LogP contribution in [0.5, 0.6) is 5.75 Å². The number of carbonyl (C=O) groups excluding carboxylic acids is 2. The molecule has 1 amide bonds. The number of hydrogen-bond acceptors (Lipinski definition) is 6. The Morgan fingerprint density at radius 2 is 1.72 bits per heavy atom. The van der Waals surface area contributed by atoms with Gasteiger partial charge < -0.3 is 14.8 Å². The van der Waals surface area contributed by atoms with Crippen LogP contribution in [0, 0.1) is 6.92 Å². The SMILES string of the molecule is COc1ccc(C)cc1NC(=O)COC(=O)c1ccc(S(=O)(=O)NC(C)C)cc1. The zero-order valence-corrected chi connectivity index (χ0v) is 17.5. The highest BCUT2D eigenvalue weighted by Crippen LogP contribution is 2.25. The molecule has 156 valence electrons. The third-order valence-electron chi connectivity index (χ3n) is 3.75. The number of carbonyl (C=O) groups is 2. The summed E-state index contributed by atoms with van der Waals surface area (Å²) in [6.07, 6.45) is 0. The molecule has 0 aromatic heterocycles. The monoisotopic (exact) mass is 420 g/mol. The fourth-order valence-electron chi connectivity index (χ4n) is 2.47. The van der Waals surface area contributed by atoms with Gasteiger partial charge in [-0.1, -0.05) is 6.07 Å². The van der Waals surface area contributed by atoms with Crippen molar-refractivity contribution in [3.05, 3.63) is 53.6 Å². The van der Waals surface area contributed by atoms with E-state index in [4.69, 9.17) is 9.47 Å². The lowest BCUT2D eigenvalue weighted by atomic mass is 10.2. The molecule has 2 N–H and O–H groups in total. The number of nitrogens with one attached hydrogen (secondary N) is 2. The van der Waals surface area contributed by atoms with Crippen LogP contribution in [0.4, 0.5) is 5.69 Å². The van der Waals surface area contributed by atoms with Crippen LogP contribution >= 0.6 is 0 Å². The summed E-state index contributed by atoms with van der Waals surface area (Å²) in [4.78, 5) is 24.2. The zero-order chi connectivity index (χ0) is 21.6. The maximum absolute atomic E-state index is 12.1. The first-order valence-corrected chi connectivity index (χ1v) is 10.3. The lowest BCUT2D eigenvalue weighted by molar-refractivity contribution is -0.119. The minimum absolute atomic E-state index is 0.0343. The fourth-order valence-corrected chi connectivity index (χ4v) is 3.72. The quantitative estimate of drug-likeness (QED) is 0.635. The Kier molecular flexibility index (Phi) is 7.35. The second kappa shape index (κ2) is 9.53. The Balaban J connectivity index is 1.97. The van der Waals surface area contributed by atoms with Crippen LogP contribution in [0.2, 0.25) is 0 Å². The van der Waals surface area contributed by atoms with Crippen molar-refractivity contribution in [2.45, 2.75) is 31.7 Å². The Bertz CT molecular complexity index is 985. The van der Waals surface area contributed by atoms with Gasteiger partial charge in [0.1, 0.15) is 5.75 Å². The summed E-state index contributed by atoms with van der Waals surface area (Å²) in [6, 6.07) is 10.3. The van der Waals surface area contributed by atoms with Crippen LogP contribution in [0.3, 0.4) is 0 Å². The molecule has 0 aliphatic carbocycles. The van der Waals surface area contributed by atoms with Gasteiger partial charge in [-0.05, 0) is 62.7 Å². The van der Waals surface area contributed by atoms with Crippen molar-refractivity contribution in [2.75, 3.05) is 19.0 Å². The topological polar surface area (TPSA) is 111 Å². The van der Waals surface area contributed by atoms with Gasteiger partial charge >= 0.3 is 5.97 Å². The van der Waals surface area contributed by atoms with E-state index in [-0.39, 0.29) is 16.5 Å². The van der Waals surface area contributed by atoms with Crippen molar-refractivity contribution in [3.63, 3.8) is 0 Å². The molecule has 9 heteroatoms.